The molecule has 0 unspecified atom stereocenters. The van der Waals surface area contributed by atoms with Crippen molar-refractivity contribution in [1.29, 1.82) is 0 Å². The van der Waals surface area contributed by atoms with Crippen LogP contribution in [0.5, 0.6) is 0 Å². The van der Waals surface area contributed by atoms with Crippen molar-refractivity contribution in [2.75, 3.05) is 0 Å². The minimum absolute atomic E-state index is 1.98. The molecule has 0 aliphatic rings. The van der Waals surface area contributed by atoms with Crippen LogP contribution >= 0.6 is 75.0 Å². The molecular formula is CaI5. The van der Waals surface area contributed by atoms with Crippen LogP contribution in [0.1, 0.15) is 0 Å². The van der Waals surface area contributed by atoms with Gasteiger partial charge in [-0.1, -0.05) is 0 Å². The van der Waals surface area contributed by atoms with Gasteiger partial charge in [0.25, 0.3) is 0 Å². The quantitative estimate of drug-likeness (QED) is 0.269. The molecular weight excluding hydrogens is 675 g/mol. The molecule has 0 nitrogen and oxygen atoms in total. The van der Waals surface area contributed by atoms with Gasteiger partial charge < -0.3 is 0 Å². The Morgan fingerprint density at radius 1 is 0.667 bits per heavy atom. The zero-order chi connectivity index (χ0) is 5.45. The summed E-state index contributed by atoms with van der Waals surface area (Å²) in [6, 6.07) is 0. The molecule has 0 N–H and O–H groups in total. The summed E-state index contributed by atoms with van der Waals surface area (Å²) in [6.07, 6.45) is 0. The van der Waals surface area contributed by atoms with Gasteiger partial charge in [0.1, 0.15) is 0 Å². The average molecular weight is 675 g/mol. The average Bonchev–Trinajstić information content (AvgIpc) is 0.650. The maximum atomic E-state index is 2.58. The van der Waals surface area contributed by atoms with Crippen LogP contribution in [0.15, 0.2) is 0 Å². The first-order valence-electron chi connectivity index (χ1n) is 1.34. The van der Waals surface area contributed by atoms with E-state index in [0.29, 0.717) is 0 Å². The first kappa shape index (κ1) is 10.9. The second-order valence-electron chi connectivity index (χ2n) is 1.01. The van der Waals surface area contributed by atoms with E-state index in [9.17, 15) is 0 Å². The van der Waals surface area contributed by atoms with Crippen molar-refractivity contribution in [1.82, 2.24) is 0 Å². The molecule has 0 rings (SSSR count). The fraction of sp³-hybridized carbons (Fsp3) is 0. The van der Waals surface area contributed by atoms with Crippen LogP contribution in [0.4, 0.5) is 0 Å². The van der Waals surface area contributed by atoms with Gasteiger partial charge in [0.15, 0.2) is 0 Å². The van der Waals surface area contributed by atoms with Crippen molar-refractivity contribution in [3.05, 3.63) is 0 Å². The third-order valence-electron chi connectivity index (χ3n) is 0. The fourth-order valence-corrected chi connectivity index (χ4v) is 0. The standard InChI is InChI=1S/Ca.5HI/h;5*1H/q+5;;;;;/p-5. The summed E-state index contributed by atoms with van der Waals surface area (Å²) < 4.78 is -1.98. The van der Waals surface area contributed by atoms with Crippen molar-refractivity contribution in [2.24, 2.45) is 0 Å². The van der Waals surface area contributed by atoms with Gasteiger partial charge in [0.2, 0.25) is 0 Å². The van der Waals surface area contributed by atoms with Crippen LogP contribution in [-0.2, 0) is 0 Å². The molecule has 0 heterocycles. The molecule has 37 valence electrons. The Labute approximate surface area is 72.6 Å². The second-order valence-corrected chi connectivity index (χ2v) is 187. The van der Waals surface area contributed by atoms with E-state index in [2.05, 4.69) is 75.0 Å². The van der Waals surface area contributed by atoms with E-state index in [1.54, 1.807) is 0 Å². The van der Waals surface area contributed by atoms with Crippen LogP contribution < -0.4 is 0 Å². The molecule has 0 atom stereocenters. The van der Waals surface area contributed by atoms with Crippen LogP contribution in [0, 0.1) is 0 Å². The van der Waals surface area contributed by atoms with Gasteiger partial charge in [-0.3, -0.25) is 0 Å². The molecule has 0 aromatic carbocycles. The van der Waals surface area contributed by atoms with E-state index >= 15 is 0 Å². The van der Waals surface area contributed by atoms with E-state index in [0.717, 1.165) is 0 Å². The van der Waals surface area contributed by atoms with Gasteiger partial charge in [0.05, 0.1) is 0 Å². The molecule has 0 aliphatic carbocycles. The Bertz CT molecular complexity index is 37.1. The molecule has 0 saturated carbocycles. The van der Waals surface area contributed by atoms with Crippen molar-refractivity contribution in [2.45, 2.75) is 0 Å². The van der Waals surface area contributed by atoms with E-state index < -0.39 is 1.97 Å². The second kappa shape index (κ2) is 3.54. The Kier molecular flexibility index (Phi) is 6.43. The van der Waals surface area contributed by atoms with Gasteiger partial charge in [-0.15, -0.1) is 0 Å². The molecule has 6 heteroatoms. The van der Waals surface area contributed by atoms with Crippen LogP contribution in [0.3, 0.4) is 0 Å². The normalized spacial score (nSPS) is 15.0. The van der Waals surface area contributed by atoms with E-state index in [1.165, 1.54) is 0 Å². The third kappa shape index (κ3) is 23.1. The summed E-state index contributed by atoms with van der Waals surface area (Å²) in [7, 11) is 0. The monoisotopic (exact) mass is 674 g/mol. The number of hydrogen-bond donors (Lipinski definition) is 0. The van der Waals surface area contributed by atoms with Crippen LogP contribution in [0.2, 0.25) is 0 Å². The summed E-state index contributed by atoms with van der Waals surface area (Å²) in [5, 5.41) is 0. The number of halogens is 5. The van der Waals surface area contributed by atoms with E-state index in [4.69, 9.17) is 0 Å². The predicted octanol–water partition coefficient (Wildman–Crippen LogP) is 4.05. The van der Waals surface area contributed by atoms with Gasteiger partial charge in [-0.05, 0) is 0 Å². The predicted molar refractivity (Wildman–Crippen MR) is 75.9 cm³/mol. The third-order valence-corrected chi connectivity index (χ3v) is 0. The molecule has 0 aliphatic heterocycles. The van der Waals surface area contributed by atoms with E-state index in [-0.39, 0.29) is 0 Å². The van der Waals surface area contributed by atoms with Gasteiger partial charge in [-0.2, -0.15) is 0 Å². The van der Waals surface area contributed by atoms with Crippen molar-refractivity contribution < 1.29 is 0 Å². The first-order valence-corrected chi connectivity index (χ1v) is 37.0. The van der Waals surface area contributed by atoms with E-state index in [1.807, 2.05) is 0 Å². The summed E-state index contributed by atoms with van der Waals surface area (Å²) in [4.78, 5) is 0. The van der Waals surface area contributed by atoms with Crippen LogP contribution in [0.25, 0.3) is 0 Å². The van der Waals surface area contributed by atoms with Gasteiger partial charge in [0, 0.05) is 0 Å². The molecule has 0 aromatic heterocycles. The molecule has 0 saturated heterocycles. The minimum atomic E-state index is -1.98. The zero-order valence-corrected chi connectivity index (χ0v) is 15.6. The van der Waals surface area contributed by atoms with Crippen molar-refractivity contribution in [3.8, 4) is 0 Å². The summed E-state index contributed by atoms with van der Waals surface area (Å²) in [5.41, 5.74) is 0. The Morgan fingerprint density at radius 2 is 0.667 bits per heavy atom. The topological polar surface area (TPSA) is 0 Å². The zero-order valence-electron chi connectivity index (χ0n) is 2.60. The Balaban J connectivity index is 3.73. The van der Waals surface area contributed by atoms with Crippen molar-refractivity contribution in [3.63, 3.8) is 0 Å². The Morgan fingerprint density at radius 3 is 0.667 bits per heavy atom. The molecule has 0 bridgehead atoms. The van der Waals surface area contributed by atoms with Crippen molar-refractivity contribution >= 4 is 77.0 Å². The summed E-state index contributed by atoms with van der Waals surface area (Å²) in [5.74, 6) is 0. The van der Waals surface area contributed by atoms with Gasteiger partial charge >= 0.3 is 77.0 Å². The maximum absolute atomic E-state index is 2.58. The number of hydrogen-bond acceptors (Lipinski definition) is 0. The SMILES string of the molecule is [I][Ca]([I])([I])([I])[I]. The first-order chi connectivity index (χ1) is 2.24. The summed E-state index contributed by atoms with van der Waals surface area (Å²) >= 11 is 12.9. The molecule has 0 aromatic rings. The molecule has 6 heavy (non-hydrogen) atoms. The van der Waals surface area contributed by atoms with Gasteiger partial charge in [-0.25, -0.2) is 0 Å². The van der Waals surface area contributed by atoms with Crippen LogP contribution in [-0.4, -0.2) is 1.97 Å². The number of rotatable bonds is 0. The Hall–Kier alpha value is 4.91. The molecule has 0 amide bonds. The fourth-order valence-electron chi connectivity index (χ4n) is 0. The molecule has 0 fully saturated rings. The molecule has 1 radical (unpaired) electrons. The summed E-state index contributed by atoms with van der Waals surface area (Å²) in [6.45, 7) is 0. The molecule has 0 spiro atoms.